The quantitative estimate of drug-likeness (QED) is 0.524. The van der Waals surface area contributed by atoms with E-state index in [1.807, 2.05) is 0 Å². The highest BCUT2D eigenvalue weighted by atomic mass is 79.9. The molecule has 3 amide bonds. The van der Waals surface area contributed by atoms with Gasteiger partial charge in [-0.3, -0.25) is 29.6 Å². The van der Waals surface area contributed by atoms with E-state index in [0.29, 0.717) is 26.5 Å². The summed E-state index contributed by atoms with van der Waals surface area (Å²) in [5, 5.41) is 4.16. The molecule has 2 N–H and O–H groups in total. The number of para-hydroxylation sites is 1. The Balaban J connectivity index is 1.52. The Labute approximate surface area is 203 Å². The predicted molar refractivity (Wildman–Crippen MR) is 124 cm³/mol. The van der Waals surface area contributed by atoms with E-state index in [1.54, 1.807) is 43.3 Å². The van der Waals surface area contributed by atoms with Crippen LogP contribution in [0.15, 0.2) is 40.9 Å². The van der Waals surface area contributed by atoms with Gasteiger partial charge in [0.2, 0.25) is 5.91 Å². The summed E-state index contributed by atoms with van der Waals surface area (Å²) in [6.07, 6.45) is -0.145. The number of hydrogen-bond donors (Lipinski definition) is 2. The number of esters is 1. The highest BCUT2D eigenvalue weighted by molar-refractivity contribution is 9.10. The largest absolute Gasteiger partial charge is 0.496 e. The second-order valence-electron chi connectivity index (χ2n) is 7.24. The molecule has 33 heavy (non-hydrogen) atoms. The first-order valence-corrected chi connectivity index (χ1v) is 11.0. The third kappa shape index (κ3) is 5.82. The van der Waals surface area contributed by atoms with E-state index in [4.69, 9.17) is 21.1 Å². The summed E-state index contributed by atoms with van der Waals surface area (Å²) in [5.41, 5.74) is 3.88. The molecule has 11 heteroatoms. The van der Waals surface area contributed by atoms with Crippen LogP contribution in [0.1, 0.15) is 22.3 Å². The zero-order chi connectivity index (χ0) is 24.1. The Hall–Kier alpha value is -3.11. The molecule has 0 bridgehead atoms. The summed E-state index contributed by atoms with van der Waals surface area (Å²) in [7, 11) is 1.43. The van der Waals surface area contributed by atoms with Gasteiger partial charge in [0, 0.05) is 16.6 Å². The SMILES string of the molecule is COc1ccccc1C(=O)NN1C[C@H](C(=O)OCC(=O)Nc2ccc(Br)c(Cl)c2C)CC1=O. The van der Waals surface area contributed by atoms with Crippen molar-refractivity contribution in [3.05, 3.63) is 57.0 Å². The van der Waals surface area contributed by atoms with Crippen LogP contribution in [0.2, 0.25) is 5.02 Å². The van der Waals surface area contributed by atoms with Crippen LogP contribution in [0.4, 0.5) is 5.69 Å². The Morgan fingerprint density at radius 1 is 1.21 bits per heavy atom. The second kappa shape index (κ2) is 10.7. The van der Waals surface area contributed by atoms with Gasteiger partial charge in [0.15, 0.2) is 6.61 Å². The molecule has 2 aromatic carbocycles. The van der Waals surface area contributed by atoms with Gasteiger partial charge in [-0.25, -0.2) is 0 Å². The molecule has 0 aliphatic carbocycles. The van der Waals surface area contributed by atoms with Crippen molar-refractivity contribution < 1.29 is 28.7 Å². The highest BCUT2D eigenvalue weighted by Crippen LogP contribution is 2.31. The van der Waals surface area contributed by atoms with E-state index in [0.717, 1.165) is 5.01 Å². The zero-order valence-corrected chi connectivity index (χ0v) is 20.2. The number of halogens is 2. The van der Waals surface area contributed by atoms with Crippen LogP contribution in [0.5, 0.6) is 5.75 Å². The van der Waals surface area contributed by atoms with Crippen molar-refractivity contribution in [2.24, 2.45) is 5.92 Å². The number of anilines is 1. The van der Waals surface area contributed by atoms with Gasteiger partial charge in [-0.15, -0.1) is 0 Å². The maximum atomic E-state index is 12.5. The van der Waals surface area contributed by atoms with Gasteiger partial charge in [0.25, 0.3) is 11.8 Å². The standard InChI is InChI=1S/C22H21BrClN3O6/c1-12-16(8-7-15(23)20(12)24)25-18(28)11-33-22(31)13-9-19(29)27(10-13)26-21(30)14-5-3-4-6-17(14)32-2/h3-8,13H,9-11H2,1-2H3,(H,25,28)(H,26,30)/t13-/m1/s1. The number of amides is 3. The molecule has 1 atom stereocenters. The van der Waals surface area contributed by atoms with Crippen LogP contribution >= 0.6 is 27.5 Å². The molecule has 1 heterocycles. The van der Waals surface area contributed by atoms with Crippen molar-refractivity contribution in [3.8, 4) is 5.75 Å². The predicted octanol–water partition coefficient (Wildman–Crippen LogP) is 3.09. The molecule has 9 nitrogen and oxygen atoms in total. The lowest BCUT2D eigenvalue weighted by Crippen LogP contribution is -2.43. The Bertz CT molecular complexity index is 1110. The molecule has 0 aromatic heterocycles. The van der Waals surface area contributed by atoms with E-state index in [-0.39, 0.29) is 18.5 Å². The van der Waals surface area contributed by atoms with Crippen molar-refractivity contribution in [1.29, 1.82) is 0 Å². The number of hydrogen-bond acceptors (Lipinski definition) is 6. The number of ether oxygens (including phenoxy) is 2. The summed E-state index contributed by atoms with van der Waals surface area (Å²) in [6.45, 7) is 1.15. The zero-order valence-electron chi connectivity index (χ0n) is 17.8. The summed E-state index contributed by atoms with van der Waals surface area (Å²) in [4.78, 5) is 49.3. The lowest BCUT2D eigenvalue weighted by Gasteiger charge is -2.18. The number of methoxy groups -OCH3 is 1. The summed E-state index contributed by atoms with van der Waals surface area (Å²) in [6, 6.07) is 9.91. The molecule has 0 unspecified atom stereocenters. The molecule has 0 spiro atoms. The molecule has 174 valence electrons. The summed E-state index contributed by atoms with van der Waals surface area (Å²) in [5.74, 6) is -2.70. The average molecular weight is 539 g/mol. The second-order valence-corrected chi connectivity index (χ2v) is 8.47. The van der Waals surface area contributed by atoms with E-state index in [1.165, 1.54) is 7.11 Å². The molecule has 1 aliphatic heterocycles. The average Bonchev–Trinajstić information content (AvgIpc) is 3.17. The molecular weight excluding hydrogens is 518 g/mol. The molecule has 3 rings (SSSR count). The van der Waals surface area contributed by atoms with E-state index < -0.39 is 36.2 Å². The van der Waals surface area contributed by atoms with Crippen molar-refractivity contribution in [3.63, 3.8) is 0 Å². The normalized spacial score (nSPS) is 15.2. The third-order valence-electron chi connectivity index (χ3n) is 5.01. The van der Waals surface area contributed by atoms with Crippen LogP contribution in [0.3, 0.4) is 0 Å². The topological polar surface area (TPSA) is 114 Å². The van der Waals surface area contributed by atoms with Gasteiger partial charge in [-0.1, -0.05) is 23.7 Å². The van der Waals surface area contributed by atoms with Crippen LogP contribution in [-0.2, 0) is 19.1 Å². The minimum absolute atomic E-state index is 0.0679. The number of carbonyl (C=O) groups is 4. The molecule has 1 saturated heterocycles. The number of nitrogens with zero attached hydrogens (tertiary/aromatic N) is 1. The van der Waals surface area contributed by atoms with Crippen molar-refractivity contribution in [2.75, 3.05) is 25.6 Å². The number of benzene rings is 2. The number of rotatable bonds is 7. The third-order valence-corrected chi connectivity index (χ3v) is 6.38. The smallest absolute Gasteiger partial charge is 0.311 e. The fourth-order valence-corrected chi connectivity index (χ4v) is 3.81. The monoisotopic (exact) mass is 537 g/mol. The Morgan fingerprint density at radius 3 is 2.67 bits per heavy atom. The maximum Gasteiger partial charge on any atom is 0.311 e. The van der Waals surface area contributed by atoms with Crippen LogP contribution in [0, 0.1) is 12.8 Å². The fraction of sp³-hybridized carbons (Fsp3) is 0.273. The molecule has 0 radical (unpaired) electrons. The van der Waals surface area contributed by atoms with Crippen LogP contribution in [-0.4, -0.2) is 49.0 Å². The minimum atomic E-state index is -0.813. The molecule has 2 aromatic rings. The van der Waals surface area contributed by atoms with Gasteiger partial charge in [0.1, 0.15) is 5.75 Å². The molecule has 0 saturated carbocycles. The Morgan fingerprint density at radius 2 is 1.94 bits per heavy atom. The first-order chi connectivity index (χ1) is 15.7. The summed E-state index contributed by atoms with van der Waals surface area (Å²) < 4.78 is 10.9. The minimum Gasteiger partial charge on any atom is -0.496 e. The van der Waals surface area contributed by atoms with Crippen molar-refractivity contribution in [2.45, 2.75) is 13.3 Å². The van der Waals surface area contributed by atoms with Crippen LogP contribution < -0.4 is 15.5 Å². The number of nitrogens with one attached hydrogen (secondary N) is 2. The Kier molecular flexibility index (Phi) is 7.93. The lowest BCUT2D eigenvalue weighted by molar-refractivity contribution is -0.151. The number of carbonyl (C=O) groups excluding carboxylic acids is 4. The van der Waals surface area contributed by atoms with Crippen molar-refractivity contribution in [1.82, 2.24) is 10.4 Å². The molecule has 1 aliphatic rings. The van der Waals surface area contributed by atoms with Gasteiger partial charge in [-0.2, -0.15) is 0 Å². The highest BCUT2D eigenvalue weighted by Gasteiger charge is 2.37. The van der Waals surface area contributed by atoms with Crippen molar-refractivity contribution >= 4 is 56.9 Å². The maximum absolute atomic E-state index is 12.5. The first-order valence-electron chi connectivity index (χ1n) is 9.86. The van der Waals surface area contributed by atoms with Gasteiger partial charge in [-0.05, 0) is 52.7 Å². The van der Waals surface area contributed by atoms with Gasteiger partial charge >= 0.3 is 5.97 Å². The van der Waals surface area contributed by atoms with E-state index >= 15 is 0 Å². The molecule has 1 fully saturated rings. The lowest BCUT2D eigenvalue weighted by atomic mass is 10.1. The van der Waals surface area contributed by atoms with Gasteiger partial charge < -0.3 is 14.8 Å². The van der Waals surface area contributed by atoms with E-state index in [2.05, 4.69) is 26.7 Å². The molecular formula is C22H21BrClN3O6. The van der Waals surface area contributed by atoms with E-state index in [9.17, 15) is 19.2 Å². The van der Waals surface area contributed by atoms with Gasteiger partial charge in [0.05, 0.1) is 30.2 Å². The first kappa shape index (κ1) is 24.5. The fourth-order valence-electron chi connectivity index (χ4n) is 3.22. The summed E-state index contributed by atoms with van der Waals surface area (Å²) >= 11 is 9.44. The van der Waals surface area contributed by atoms with Crippen LogP contribution in [0.25, 0.3) is 0 Å². The number of hydrazine groups is 1.